The fourth-order valence-corrected chi connectivity index (χ4v) is 1.26. The molecule has 8 heteroatoms. The number of alkyl halides is 3. The van der Waals surface area contributed by atoms with Crippen molar-refractivity contribution >= 4 is 18.5 Å². The highest BCUT2D eigenvalue weighted by atomic mass is 35.5. The quantitative estimate of drug-likeness (QED) is 0.856. The van der Waals surface area contributed by atoms with Crippen LogP contribution in [0.1, 0.15) is 13.8 Å². The minimum atomic E-state index is -4.51. The summed E-state index contributed by atoms with van der Waals surface area (Å²) >= 11 is 0. The fourth-order valence-electron chi connectivity index (χ4n) is 1.26. The zero-order valence-electron chi connectivity index (χ0n) is 9.95. The van der Waals surface area contributed by atoms with Gasteiger partial charge >= 0.3 is 12.3 Å². The van der Waals surface area contributed by atoms with Crippen LogP contribution in [0.2, 0.25) is 0 Å². The smallest absolute Gasteiger partial charge is 0.422 e. The average Bonchev–Trinajstić information content (AvgIpc) is 2.13. The van der Waals surface area contributed by atoms with Crippen LogP contribution in [0.15, 0.2) is 0 Å². The standard InChI is InChI=1S/C9H17F3N2O2.ClH/c1-6(2)7(4-13)14(3)8(15)16-5-9(10,11)12;/h6-7H,4-5,13H2,1-3H3;1H/t7-;/m1./s1. The van der Waals surface area contributed by atoms with Crippen molar-refractivity contribution in [1.29, 1.82) is 0 Å². The molecule has 0 aromatic rings. The lowest BCUT2D eigenvalue weighted by Gasteiger charge is -2.29. The van der Waals surface area contributed by atoms with Crippen LogP contribution in [-0.2, 0) is 4.74 Å². The minimum Gasteiger partial charge on any atom is -0.440 e. The Morgan fingerprint density at radius 1 is 1.41 bits per heavy atom. The Bertz CT molecular complexity index is 237. The molecule has 2 N–H and O–H groups in total. The number of ether oxygens (including phenoxy) is 1. The van der Waals surface area contributed by atoms with Gasteiger partial charge in [-0.1, -0.05) is 13.8 Å². The highest BCUT2D eigenvalue weighted by Crippen LogP contribution is 2.16. The van der Waals surface area contributed by atoms with Crippen LogP contribution in [0.4, 0.5) is 18.0 Å². The molecule has 4 nitrogen and oxygen atoms in total. The van der Waals surface area contributed by atoms with Gasteiger partial charge in [0.15, 0.2) is 6.61 Å². The van der Waals surface area contributed by atoms with Gasteiger partial charge in [0.1, 0.15) is 0 Å². The summed E-state index contributed by atoms with van der Waals surface area (Å²) < 4.78 is 39.5. The molecule has 17 heavy (non-hydrogen) atoms. The van der Waals surface area contributed by atoms with E-state index in [0.717, 1.165) is 4.90 Å². The van der Waals surface area contributed by atoms with Crippen molar-refractivity contribution in [3.8, 4) is 0 Å². The molecule has 0 unspecified atom stereocenters. The van der Waals surface area contributed by atoms with Crippen LogP contribution in [0.3, 0.4) is 0 Å². The van der Waals surface area contributed by atoms with Crippen LogP contribution in [-0.4, -0.2) is 43.4 Å². The summed E-state index contributed by atoms with van der Waals surface area (Å²) in [4.78, 5) is 12.3. The highest BCUT2D eigenvalue weighted by molar-refractivity contribution is 5.85. The second-order valence-electron chi connectivity index (χ2n) is 3.83. The van der Waals surface area contributed by atoms with Gasteiger partial charge in [0, 0.05) is 19.6 Å². The molecule has 0 rings (SSSR count). The third-order valence-corrected chi connectivity index (χ3v) is 2.16. The minimum absolute atomic E-state index is 0. The first-order chi connectivity index (χ1) is 7.19. The normalized spacial score (nSPS) is 12.9. The van der Waals surface area contributed by atoms with E-state index in [1.54, 1.807) is 0 Å². The number of halogens is 4. The molecular formula is C9H18ClF3N2O2. The van der Waals surface area contributed by atoms with Gasteiger partial charge in [-0.3, -0.25) is 0 Å². The lowest BCUT2D eigenvalue weighted by Crippen LogP contribution is -2.45. The number of nitrogens with two attached hydrogens (primary N) is 1. The van der Waals surface area contributed by atoms with Gasteiger partial charge in [-0.15, -0.1) is 12.4 Å². The number of carbonyl (C=O) groups excluding carboxylic acids is 1. The number of rotatable bonds is 4. The van der Waals surface area contributed by atoms with Crippen LogP contribution in [0, 0.1) is 5.92 Å². The first-order valence-electron chi connectivity index (χ1n) is 4.85. The van der Waals surface area contributed by atoms with Crippen molar-refractivity contribution in [2.45, 2.75) is 26.1 Å². The Morgan fingerprint density at radius 2 is 1.88 bits per heavy atom. The van der Waals surface area contributed by atoms with E-state index >= 15 is 0 Å². The summed E-state index contributed by atoms with van der Waals surface area (Å²) in [6.07, 6.45) is -5.52. The largest absolute Gasteiger partial charge is 0.440 e. The van der Waals surface area contributed by atoms with Crippen molar-refractivity contribution in [1.82, 2.24) is 4.90 Å². The topological polar surface area (TPSA) is 55.6 Å². The molecule has 0 aliphatic rings. The molecule has 0 heterocycles. The Balaban J connectivity index is 0. The van der Waals surface area contributed by atoms with Crippen molar-refractivity contribution in [2.75, 3.05) is 20.2 Å². The molecule has 0 saturated heterocycles. The SMILES string of the molecule is CC(C)[C@@H](CN)N(C)C(=O)OCC(F)(F)F.Cl. The molecule has 1 atom stereocenters. The highest BCUT2D eigenvalue weighted by Gasteiger charge is 2.31. The first-order valence-corrected chi connectivity index (χ1v) is 4.85. The molecule has 0 bridgehead atoms. The van der Waals surface area contributed by atoms with Gasteiger partial charge in [0.05, 0.1) is 0 Å². The van der Waals surface area contributed by atoms with E-state index in [1.165, 1.54) is 7.05 Å². The predicted molar refractivity (Wildman–Crippen MR) is 60.1 cm³/mol. The van der Waals surface area contributed by atoms with E-state index in [9.17, 15) is 18.0 Å². The van der Waals surface area contributed by atoms with E-state index in [0.29, 0.717) is 0 Å². The number of likely N-dealkylation sites (N-methyl/N-ethyl adjacent to an activating group) is 1. The predicted octanol–water partition coefficient (Wildman–Crippen LogP) is 2.02. The maximum absolute atomic E-state index is 11.8. The van der Waals surface area contributed by atoms with Gasteiger partial charge in [0.2, 0.25) is 0 Å². The third-order valence-electron chi connectivity index (χ3n) is 2.16. The molecule has 0 aromatic carbocycles. The van der Waals surface area contributed by atoms with Crippen molar-refractivity contribution in [3.05, 3.63) is 0 Å². The van der Waals surface area contributed by atoms with Crippen LogP contribution in [0.5, 0.6) is 0 Å². The molecule has 0 aliphatic carbocycles. The molecular weight excluding hydrogens is 261 g/mol. The summed E-state index contributed by atoms with van der Waals surface area (Å²) in [5, 5.41) is 0. The zero-order valence-corrected chi connectivity index (χ0v) is 10.8. The van der Waals surface area contributed by atoms with E-state index < -0.39 is 18.9 Å². The van der Waals surface area contributed by atoms with Gasteiger partial charge < -0.3 is 15.4 Å². The Hall–Kier alpha value is -0.690. The maximum atomic E-state index is 11.8. The van der Waals surface area contributed by atoms with E-state index in [4.69, 9.17) is 5.73 Å². The van der Waals surface area contributed by atoms with Gasteiger partial charge in [-0.25, -0.2) is 4.79 Å². The summed E-state index contributed by atoms with van der Waals surface area (Å²) in [5.41, 5.74) is 5.42. The maximum Gasteiger partial charge on any atom is 0.422 e. The number of carbonyl (C=O) groups is 1. The molecule has 0 spiro atoms. The lowest BCUT2D eigenvalue weighted by molar-refractivity contribution is -0.162. The molecule has 104 valence electrons. The summed E-state index contributed by atoms with van der Waals surface area (Å²) in [6, 6.07) is -0.333. The molecule has 0 aromatic heterocycles. The van der Waals surface area contributed by atoms with Crippen LogP contribution < -0.4 is 5.73 Å². The second-order valence-corrected chi connectivity index (χ2v) is 3.83. The van der Waals surface area contributed by atoms with E-state index in [2.05, 4.69) is 4.74 Å². The van der Waals surface area contributed by atoms with Crippen molar-refractivity contribution in [3.63, 3.8) is 0 Å². The monoisotopic (exact) mass is 278 g/mol. The molecule has 0 aliphatic heterocycles. The Labute approximate surface area is 105 Å². The van der Waals surface area contributed by atoms with E-state index in [-0.39, 0.29) is 30.9 Å². The van der Waals surface area contributed by atoms with Crippen LogP contribution >= 0.6 is 12.4 Å². The van der Waals surface area contributed by atoms with E-state index in [1.807, 2.05) is 13.8 Å². The average molecular weight is 279 g/mol. The lowest BCUT2D eigenvalue weighted by atomic mass is 10.0. The van der Waals surface area contributed by atoms with Crippen LogP contribution in [0.25, 0.3) is 0 Å². The summed E-state index contributed by atoms with van der Waals surface area (Å²) in [7, 11) is 1.37. The number of nitrogens with zero attached hydrogens (tertiary/aromatic N) is 1. The Kier molecular flexibility index (Phi) is 8.35. The Morgan fingerprint density at radius 3 is 2.18 bits per heavy atom. The number of hydrogen-bond acceptors (Lipinski definition) is 3. The van der Waals surface area contributed by atoms with Gasteiger partial charge in [-0.2, -0.15) is 13.2 Å². The zero-order chi connectivity index (χ0) is 12.9. The fraction of sp³-hybridized carbons (Fsp3) is 0.889. The summed E-state index contributed by atoms with van der Waals surface area (Å²) in [6.45, 7) is 2.25. The molecule has 0 saturated carbocycles. The number of amides is 1. The van der Waals surface area contributed by atoms with Crippen molar-refractivity contribution in [2.24, 2.45) is 11.7 Å². The van der Waals surface area contributed by atoms with Gasteiger partial charge in [-0.05, 0) is 5.92 Å². The first kappa shape index (κ1) is 18.7. The van der Waals surface area contributed by atoms with Crippen molar-refractivity contribution < 1.29 is 22.7 Å². The molecule has 0 fully saturated rings. The number of hydrogen-bond donors (Lipinski definition) is 1. The summed E-state index contributed by atoms with van der Waals surface area (Å²) in [5.74, 6) is 0.0495. The molecule has 0 radical (unpaired) electrons. The van der Waals surface area contributed by atoms with Gasteiger partial charge in [0.25, 0.3) is 0 Å². The molecule has 1 amide bonds. The second kappa shape index (κ2) is 7.60. The third kappa shape index (κ3) is 7.27.